The maximum Gasteiger partial charge on any atom is 0.307 e. The van der Waals surface area contributed by atoms with Crippen molar-refractivity contribution in [1.29, 1.82) is 0 Å². The molecule has 1 heterocycles. The molecular weight excluding hydrogens is 202 g/mol. The molecule has 1 amide bonds. The highest BCUT2D eigenvalue weighted by Gasteiger charge is 2.20. The van der Waals surface area contributed by atoms with Crippen LogP contribution in [-0.4, -0.2) is 46.5 Å². The first-order valence-electron chi connectivity index (χ1n) is 4.69. The normalized spacial score (nSPS) is 17.4. The van der Waals surface area contributed by atoms with E-state index >= 15 is 0 Å². The van der Waals surface area contributed by atoms with Gasteiger partial charge in [-0.3, -0.25) is 9.59 Å². The maximum atomic E-state index is 11.3. The Hall–Kier alpha value is -0.710. The second-order valence-corrected chi connectivity index (χ2v) is 4.52. The van der Waals surface area contributed by atoms with Crippen molar-refractivity contribution in [3.05, 3.63) is 0 Å². The molecule has 1 fully saturated rings. The molecule has 80 valence electrons. The molecule has 0 saturated carbocycles. The van der Waals surface area contributed by atoms with E-state index in [1.807, 2.05) is 0 Å². The summed E-state index contributed by atoms with van der Waals surface area (Å²) in [5.74, 6) is -0.107. The van der Waals surface area contributed by atoms with Crippen molar-refractivity contribution >= 4 is 23.6 Å². The topological polar surface area (TPSA) is 57.6 Å². The molecule has 1 N–H and O–H groups in total. The van der Waals surface area contributed by atoms with Crippen molar-refractivity contribution in [3.63, 3.8) is 0 Å². The fraction of sp³-hybridized carbons (Fsp3) is 0.778. The van der Waals surface area contributed by atoms with Gasteiger partial charge in [-0.1, -0.05) is 6.92 Å². The molecule has 1 saturated heterocycles. The maximum absolute atomic E-state index is 11.3. The minimum Gasteiger partial charge on any atom is -0.481 e. The first-order valence-corrected chi connectivity index (χ1v) is 5.85. The number of carboxylic acid groups (broad SMARTS) is 1. The fourth-order valence-electron chi connectivity index (χ4n) is 1.05. The van der Waals surface area contributed by atoms with Gasteiger partial charge < -0.3 is 10.0 Å². The van der Waals surface area contributed by atoms with Crippen LogP contribution in [0.5, 0.6) is 0 Å². The van der Waals surface area contributed by atoms with Crippen LogP contribution in [0, 0.1) is 5.92 Å². The highest BCUT2D eigenvalue weighted by molar-refractivity contribution is 7.99. The van der Waals surface area contributed by atoms with E-state index in [-0.39, 0.29) is 11.8 Å². The number of hydrogen-bond donors (Lipinski definition) is 1. The molecule has 0 spiro atoms. The average molecular weight is 217 g/mol. The average Bonchev–Trinajstić information content (AvgIpc) is 2.00. The molecule has 1 rings (SSSR count). The minimum atomic E-state index is -0.797. The Labute approximate surface area is 87.7 Å². The van der Waals surface area contributed by atoms with E-state index in [1.54, 1.807) is 11.8 Å². The monoisotopic (exact) mass is 217 g/mol. The summed E-state index contributed by atoms with van der Waals surface area (Å²) in [5.41, 5.74) is 0. The van der Waals surface area contributed by atoms with Gasteiger partial charge in [-0.05, 0) is 6.42 Å². The van der Waals surface area contributed by atoms with Crippen LogP contribution in [0.15, 0.2) is 0 Å². The molecular formula is C9H15NO3S. The zero-order valence-corrected chi connectivity index (χ0v) is 9.05. The van der Waals surface area contributed by atoms with Crippen LogP contribution in [0.25, 0.3) is 0 Å². The lowest BCUT2D eigenvalue weighted by molar-refractivity contribution is -0.140. The van der Waals surface area contributed by atoms with E-state index in [4.69, 9.17) is 5.11 Å². The van der Waals surface area contributed by atoms with Gasteiger partial charge in [0.2, 0.25) is 5.91 Å². The lowest BCUT2D eigenvalue weighted by Gasteiger charge is -2.30. The molecule has 1 unspecified atom stereocenters. The van der Waals surface area contributed by atoms with E-state index in [0.717, 1.165) is 19.5 Å². The predicted molar refractivity (Wildman–Crippen MR) is 55.3 cm³/mol. The summed E-state index contributed by atoms with van der Waals surface area (Å²) in [6.45, 7) is 3.39. The highest BCUT2D eigenvalue weighted by Crippen LogP contribution is 2.12. The number of carbonyl (C=O) groups is 2. The third kappa shape index (κ3) is 3.21. The van der Waals surface area contributed by atoms with E-state index in [2.05, 4.69) is 0 Å². The second-order valence-electron chi connectivity index (χ2n) is 3.49. The van der Waals surface area contributed by atoms with Gasteiger partial charge in [-0.25, -0.2) is 0 Å². The van der Waals surface area contributed by atoms with Gasteiger partial charge in [-0.15, -0.1) is 0 Å². The zero-order chi connectivity index (χ0) is 10.6. The summed E-state index contributed by atoms with van der Waals surface area (Å²) in [5, 5.41) is 8.61. The predicted octanol–water partition coefficient (Wildman–Crippen LogP) is 0.673. The SMILES string of the molecule is CC(CSCC(=O)N1CCC1)C(=O)O. The first kappa shape index (κ1) is 11.4. The second kappa shape index (κ2) is 5.24. The van der Waals surface area contributed by atoms with Crippen molar-refractivity contribution in [2.45, 2.75) is 13.3 Å². The van der Waals surface area contributed by atoms with E-state index in [9.17, 15) is 9.59 Å². The summed E-state index contributed by atoms with van der Waals surface area (Å²) in [6, 6.07) is 0. The van der Waals surface area contributed by atoms with Gasteiger partial charge in [0.05, 0.1) is 11.7 Å². The summed E-state index contributed by atoms with van der Waals surface area (Å²) >= 11 is 1.40. The van der Waals surface area contributed by atoms with Gasteiger partial charge in [-0.2, -0.15) is 11.8 Å². The minimum absolute atomic E-state index is 0.138. The molecule has 0 aromatic rings. The van der Waals surface area contributed by atoms with Crippen LogP contribution in [0.2, 0.25) is 0 Å². The molecule has 0 aromatic heterocycles. The molecule has 14 heavy (non-hydrogen) atoms. The van der Waals surface area contributed by atoms with Crippen LogP contribution in [0.3, 0.4) is 0 Å². The zero-order valence-electron chi connectivity index (χ0n) is 8.23. The number of nitrogens with zero attached hydrogens (tertiary/aromatic N) is 1. The lowest BCUT2D eigenvalue weighted by Crippen LogP contribution is -2.43. The molecule has 0 radical (unpaired) electrons. The van der Waals surface area contributed by atoms with Gasteiger partial charge in [0.25, 0.3) is 0 Å². The van der Waals surface area contributed by atoms with Crippen molar-refractivity contribution in [2.75, 3.05) is 24.6 Å². The van der Waals surface area contributed by atoms with Crippen LogP contribution < -0.4 is 0 Å². The van der Waals surface area contributed by atoms with Crippen LogP contribution >= 0.6 is 11.8 Å². The molecule has 1 aliphatic rings. The number of thioether (sulfide) groups is 1. The quantitative estimate of drug-likeness (QED) is 0.735. The summed E-state index contributed by atoms with van der Waals surface area (Å²) in [7, 11) is 0. The standard InChI is InChI=1S/C9H15NO3S/c1-7(9(12)13)5-14-6-8(11)10-3-2-4-10/h7H,2-6H2,1H3,(H,12,13). The Kier molecular flexibility index (Phi) is 4.25. The number of likely N-dealkylation sites (tertiary alicyclic amines) is 1. The Bertz CT molecular complexity index is 228. The fourth-order valence-corrected chi connectivity index (χ4v) is 2.02. The molecule has 1 atom stereocenters. The van der Waals surface area contributed by atoms with Gasteiger partial charge in [0, 0.05) is 18.8 Å². The van der Waals surface area contributed by atoms with Crippen LogP contribution in [-0.2, 0) is 9.59 Å². The number of rotatable bonds is 5. The number of carboxylic acids is 1. The number of carbonyl (C=O) groups excluding carboxylic acids is 1. The summed E-state index contributed by atoms with van der Waals surface area (Å²) < 4.78 is 0. The largest absolute Gasteiger partial charge is 0.481 e. The number of amides is 1. The third-order valence-corrected chi connectivity index (χ3v) is 3.41. The Balaban J connectivity index is 2.08. The van der Waals surface area contributed by atoms with Crippen molar-refractivity contribution < 1.29 is 14.7 Å². The Morgan fingerprint density at radius 2 is 2.14 bits per heavy atom. The van der Waals surface area contributed by atoms with Crippen LogP contribution in [0.4, 0.5) is 0 Å². The number of aliphatic carboxylic acids is 1. The summed E-state index contributed by atoms with van der Waals surface area (Å²) in [4.78, 5) is 23.6. The smallest absolute Gasteiger partial charge is 0.307 e. The van der Waals surface area contributed by atoms with Crippen molar-refractivity contribution in [1.82, 2.24) is 4.90 Å². The van der Waals surface area contributed by atoms with Gasteiger partial charge in [0.1, 0.15) is 0 Å². The molecule has 5 heteroatoms. The van der Waals surface area contributed by atoms with E-state index in [0.29, 0.717) is 11.5 Å². The summed E-state index contributed by atoms with van der Waals surface area (Å²) in [6.07, 6.45) is 1.10. The van der Waals surface area contributed by atoms with Crippen molar-refractivity contribution in [3.8, 4) is 0 Å². The van der Waals surface area contributed by atoms with Crippen LogP contribution in [0.1, 0.15) is 13.3 Å². The number of hydrogen-bond acceptors (Lipinski definition) is 3. The molecule has 0 aliphatic carbocycles. The highest BCUT2D eigenvalue weighted by atomic mass is 32.2. The lowest BCUT2D eigenvalue weighted by atomic mass is 10.2. The van der Waals surface area contributed by atoms with E-state index in [1.165, 1.54) is 11.8 Å². The molecule has 0 aromatic carbocycles. The molecule has 4 nitrogen and oxygen atoms in total. The third-order valence-electron chi connectivity index (χ3n) is 2.22. The first-order chi connectivity index (χ1) is 6.61. The van der Waals surface area contributed by atoms with Crippen molar-refractivity contribution in [2.24, 2.45) is 5.92 Å². The molecule has 0 bridgehead atoms. The van der Waals surface area contributed by atoms with Gasteiger partial charge >= 0.3 is 5.97 Å². The van der Waals surface area contributed by atoms with E-state index < -0.39 is 5.97 Å². The Morgan fingerprint density at radius 3 is 2.57 bits per heavy atom. The van der Waals surface area contributed by atoms with Gasteiger partial charge in [0.15, 0.2) is 0 Å². The Morgan fingerprint density at radius 1 is 1.50 bits per heavy atom. The molecule has 1 aliphatic heterocycles.